The number of hydrogen-bond acceptors (Lipinski definition) is 4. The second kappa shape index (κ2) is 8.64. The summed E-state index contributed by atoms with van der Waals surface area (Å²) in [4.78, 5) is 11.9. The number of carbonyl (C=O) groups excluding carboxylic acids is 1. The summed E-state index contributed by atoms with van der Waals surface area (Å²) in [7, 11) is 0. The van der Waals surface area contributed by atoms with Gasteiger partial charge in [-0.25, -0.2) is 4.79 Å². The van der Waals surface area contributed by atoms with E-state index in [-0.39, 0.29) is 6.03 Å². The average Bonchev–Trinajstić information content (AvgIpc) is 3.18. The molecular formula is C17H27N7O. The molecule has 0 spiro atoms. The molecule has 1 aliphatic rings. The first-order valence-electron chi connectivity index (χ1n) is 9.12. The van der Waals surface area contributed by atoms with Gasteiger partial charge < -0.3 is 15.2 Å². The molecule has 1 unspecified atom stereocenters. The van der Waals surface area contributed by atoms with Crippen molar-refractivity contribution >= 4 is 6.03 Å². The predicted molar refractivity (Wildman–Crippen MR) is 94.1 cm³/mol. The van der Waals surface area contributed by atoms with Crippen LogP contribution in [0.15, 0.2) is 18.5 Å². The normalized spacial score (nSPS) is 15.2. The first-order chi connectivity index (χ1) is 12.2. The highest BCUT2D eigenvalue weighted by molar-refractivity contribution is 5.73. The quantitative estimate of drug-likeness (QED) is 0.793. The minimum Gasteiger partial charge on any atom is -0.338 e. The molecule has 1 aliphatic heterocycles. The summed E-state index contributed by atoms with van der Waals surface area (Å²) in [6.45, 7) is 5.06. The molecule has 136 valence electrons. The number of urea groups is 1. The Hall–Kier alpha value is -2.38. The van der Waals surface area contributed by atoms with E-state index in [1.165, 1.54) is 19.3 Å². The van der Waals surface area contributed by atoms with Crippen molar-refractivity contribution < 1.29 is 4.79 Å². The Morgan fingerprint density at radius 2 is 2.20 bits per heavy atom. The number of fused-ring (bicyclic) bond motifs is 1. The van der Waals surface area contributed by atoms with Crippen molar-refractivity contribution in [3.05, 3.63) is 30.1 Å². The van der Waals surface area contributed by atoms with Crippen molar-refractivity contribution in [2.75, 3.05) is 13.1 Å². The second-order valence-electron chi connectivity index (χ2n) is 6.71. The Kier molecular flexibility index (Phi) is 6.03. The molecule has 3 heterocycles. The Balaban J connectivity index is 1.36. The number of aromatic nitrogens is 5. The predicted octanol–water partition coefficient (Wildman–Crippen LogP) is 1.38. The van der Waals surface area contributed by atoms with Crippen molar-refractivity contribution in [3.63, 3.8) is 0 Å². The van der Waals surface area contributed by atoms with Crippen LogP contribution in [-0.4, -0.2) is 43.7 Å². The lowest BCUT2D eigenvalue weighted by Crippen LogP contribution is -2.39. The highest BCUT2D eigenvalue weighted by atomic mass is 16.2. The number of nitrogens with zero attached hydrogens (tertiary/aromatic N) is 5. The number of carbonyl (C=O) groups is 1. The maximum absolute atomic E-state index is 11.9. The average molecular weight is 345 g/mol. The van der Waals surface area contributed by atoms with Gasteiger partial charge in [-0.2, -0.15) is 5.10 Å². The topological polar surface area (TPSA) is 89.7 Å². The molecule has 0 saturated carbocycles. The Labute approximate surface area is 148 Å². The van der Waals surface area contributed by atoms with Crippen molar-refractivity contribution in [3.8, 4) is 0 Å². The van der Waals surface area contributed by atoms with E-state index in [0.29, 0.717) is 25.4 Å². The van der Waals surface area contributed by atoms with E-state index >= 15 is 0 Å². The summed E-state index contributed by atoms with van der Waals surface area (Å²) < 4.78 is 4.10. The minimum absolute atomic E-state index is 0.136. The van der Waals surface area contributed by atoms with E-state index in [4.69, 9.17) is 0 Å². The lowest BCUT2D eigenvalue weighted by atomic mass is 10.2. The zero-order chi connectivity index (χ0) is 17.5. The molecule has 3 rings (SSSR count). The first kappa shape index (κ1) is 17.4. The van der Waals surface area contributed by atoms with Gasteiger partial charge in [0.05, 0.1) is 0 Å². The fourth-order valence-electron chi connectivity index (χ4n) is 3.14. The van der Waals surface area contributed by atoms with Gasteiger partial charge in [0.2, 0.25) is 0 Å². The van der Waals surface area contributed by atoms with E-state index in [1.54, 1.807) is 6.20 Å². The Bertz CT molecular complexity index is 665. The number of nitrogens with one attached hydrogen (secondary N) is 2. The van der Waals surface area contributed by atoms with Gasteiger partial charge in [-0.3, -0.25) is 4.68 Å². The highest BCUT2D eigenvalue weighted by Crippen LogP contribution is 2.14. The van der Waals surface area contributed by atoms with Crippen LogP contribution >= 0.6 is 0 Å². The molecular weight excluding hydrogens is 318 g/mol. The SMILES string of the molecule is CC(CNC(=O)NCCc1nnc2n1CCCCC2)Cn1cccn1. The maximum Gasteiger partial charge on any atom is 0.314 e. The molecule has 0 saturated heterocycles. The molecule has 0 radical (unpaired) electrons. The number of rotatable bonds is 7. The molecule has 0 fully saturated rings. The maximum atomic E-state index is 11.9. The van der Waals surface area contributed by atoms with Crippen LogP contribution in [0, 0.1) is 5.92 Å². The summed E-state index contributed by atoms with van der Waals surface area (Å²) in [5, 5.41) is 18.6. The van der Waals surface area contributed by atoms with Crippen LogP contribution in [-0.2, 0) is 25.9 Å². The lowest BCUT2D eigenvalue weighted by Gasteiger charge is -2.13. The molecule has 1 atom stereocenters. The largest absolute Gasteiger partial charge is 0.338 e. The van der Waals surface area contributed by atoms with Gasteiger partial charge in [0, 0.05) is 51.4 Å². The third-order valence-corrected chi connectivity index (χ3v) is 4.49. The third-order valence-electron chi connectivity index (χ3n) is 4.49. The highest BCUT2D eigenvalue weighted by Gasteiger charge is 2.14. The van der Waals surface area contributed by atoms with Gasteiger partial charge in [0.25, 0.3) is 0 Å². The summed E-state index contributed by atoms with van der Waals surface area (Å²) in [6.07, 6.45) is 9.03. The first-order valence-corrected chi connectivity index (χ1v) is 9.12. The van der Waals surface area contributed by atoms with Crippen molar-refractivity contribution in [1.29, 1.82) is 0 Å². The smallest absolute Gasteiger partial charge is 0.314 e. The van der Waals surface area contributed by atoms with E-state index in [2.05, 4.69) is 37.4 Å². The molecule has 2 aromatic rings. The minimum atomic E-state index is -0.136. The van der Waals surface area contributed by atoms with Gasteiger partial charge in [-0.15, -0.1) is 10.2 Å². The van der Waals surface area contributed by atoms with Crippen LogP contribution in [0.4, 0.5) is 4.79 Å². The summed E-state index contributed by atoms with van der Waals surface area (Å²) in [5.41, 5.74) is 0. The standard InChI is InChI=1S/C17H27N7O/c1-14(13-23-10-5-8-20-23)12-19-17(25)18-9-7-16-22-21-15-6-3-2-4-11-24(15)16/h5,8,10,14H,2-4,6-7,9,11-13H2,1H3,(H2,18,19,25). The number of hydrogen-bond donors (Lipinski definition) is 2. The van der Waals surface area contributed by atoms with Crippen LogP contribution in [0.25, 0.3) is 0 Å². The molecule has 0 bridgehead atoms. The van der Waals surface area contributed by atoms with Crippen LogP contribution in [0.3, 0.4) is 0 Å². The molecule has 25 heavy (non-hydrogen) atoms. The monoisotopic (exact) mass is 345 g/mol. The van der Waals surface area contributed by atoms with Gasteiger partial charge >= 0.3 is 6.03 Å². The number of aryl methyl sites for hydroxylation is 1. The van der Waals surface area contributed by atoms with Gasteiger partial charge in [-0.05, 0) is 24.8 Å². The van der Waals surface area contributed by atoms with Crippen LogP contribution in [0.1, 0.15) is 37.8 Å². The van der Waals surface area contributed by atoms with Gasteiger partial charge in [0.15, 0.2) is 0 Å². The molecule has 0 aromatic carbocycles. The Morgan fingerprint density at radius 1 is 1.28 bits per heavy atom. The van der Waals surface area contributed by atoms with Crippen LogP contribution < -0.4 is 10.6 Å². The molecule has 0 aliphatic carbocycles. The second-order valence-corrected chi connectivity index (χ2v) is 6.71. The fourth-order valence-corrected chi connectivity index (χ4v) is 3.14. The van der Waals surface area contributed by atoms with Gasteiger partial charge in [0.1, 0.15) is 11.6 Å². The molecule has 8 nitrogen and oxygen atoms in total. The summed E-state index contributed by atoms with van der Waals surface area (Å²) in [6, 6.07) is 1.76. The van der Waals surface area contributed by atoms with Crippen molar-refractivity contribution in [1.82, 2.24) is 35.2 Å². The third kappa shape index (κ3) is 5.04. The van der Waals surface area contributed by atoms with Crippen LogP contribution in [0.2, 0.25) is 0 Å². The van der Waals surface area contributed by atoms with Gasteiger partial charge in [-0.1, -0.05) is 13.3 Å². The fraction of sp³-hybridized carbons (Fsp3) is 0.647. The molecule has 8 heteroatoms. The lowest BCUT2D eigenvalue weighted by molar-refractivity contribution is 0.238. The van der Waals surface area contributed by atoms with Crippen LogP contribution in [0.5, 0.6) is 0 Å². The zero-order valence-corrected chi connectivity index (χ0v) is 14.8. The molecule has 2 N–H and O–H groups in total. The van der Waals surface area contributed by atoms with E-state index in [1.807, 2.05) is 16.9 Å². The zero-order valence-electron chi connectivity index (χ0n) is 14.8. The molecule has 2 amide bonds. The van der Waals surface area contributed by atoms with E-state index in [0.717, 1.165) is 31.2 Å². The number of amides is 2. The van der Waals surface area contributed by atoms with Crippen molar-refractivity contribution in [2.24, 2.45) is 5.92 Å². The van der Waals surface area contributed by atoms with E-state index in [9.17, 15) is 4.79 Å². The van der Waals surface area contributed by atoms with Crippen molar-refractivity contribution in [2.45, 2.75) is 52.1 Å². The van der Waals surface area contributed by atoms with E-state index < -0.39 is 0 Å². The summed E-state index contributed by atoms with van der Waals surface area (Å²) in [5.74, 6) is 2.38. The summed E-state index contributed by atoms with van der Waals surface area (Å²) >= 11 is 0. The Morgan fingerprint density at radius 3 is 3.04 bits per heavy atom. The molecule has 2 aromatic heterocycles.